The summed E-state index contributed by atoms with van der Waals surface area (Å²) in [6.07, 6.45) is 21.4. The molecule has 3 unspecified atom stereocenters. The van der Waals surface area contributed by atoms with Gasteiger partial charge in [0.1, 0.15) is 23.0 Å². The van der Waals surface area contributed by atoms with Gasteiger partial charge in [-0.25, -0.2) is 0 Å². The molecule has 6 rings (SSSR count). The van der Waals surface area contributed by atoms with Gasteiger partial charge in [0.25, 0.3) is 0 Å². The van der Waals surface area contributed by atoms with Crippen LogP contribution in [0.5, 0.6) is 23.0 Å². The van der Waals surface area contributed by atoms with Crippen molar-refractivity contribution in [3.63, 3.8) is 0 Å². The first-order valence-electron chi connectivity index (χ1n) is 23.1. The molecule has 2 saturated carbocycles. The van der Waals surface area contributed by atoms with Gasteiger partial charge >= 0.3 is 0 Å². The van der Waals surface area contributed by atoms with Crippen molar-refractivity contribution in [2.24, 2.45) is 5.92 Å². The highest BCUT2D eigenvalue weighted by molar-refractivity contribution is 5.50. The number of benzene rings is 4. The van der Waals surface area contributed by atoms with Crippen molar-refractivity contribution >= 4 is 24.3 Å². The van der Waals surface area contributed by atoms with E-state index in [-0.39, 0.29) is 25.7 Å². The Hall–Kier alpha value is -5.12. The highest BCUT2D eigenvalue weighted by Gasteiger charge is 2.17. The van der Waals surface area contributed by atoms with Gasteiger partial charge in [-0.05, 0) is 124 Å². The zero-order chi connectivity index (χ0) is 46.2. The summed E-state index contributed by atoms with van der Waals surface area (Å²) in [6, 6.07) is 31.2. The number of ether oxygens (including phenoxy) is 8. The Morgan fingerprint density at radius 1 is 0.500 bits per heavy atom. The third-order valence-corrected chi connectivity index (χ3v) is 10.7. The number of rotatable bonds is 21. The first-order valence-corrected chi connectivity index (χ1v) is 23.1. The maximum absolute atomic E-state index is 5.91. The SMILES string of the molecule is C=Cc1ccc(OC(C)OC2CCCCC2)cc1.C=Cc1ccc(OC(C)OCC)cc1.C=Cc1ccc(OC(C)OCCC2CCCCC2)cc1.C=Cc1ccc(OCOC)cc1. The van der Waals surface area contributed by atoms with Crippen LogP contribution < -0.4 is 18.9 Å². The second kappa shape index (κ2) is 32.5. The van der Waals surface area contributed by atoms with Gasteiger partial charge < -0.3 is 37.9 Å². The minimum absolute atomic E-state index is 0.178. The van der Waals surface area contributed by atoms with E-state index in [0.717, 1.165) is 57.8 Å². The van der Waals surface area contributed by atoms with Gasteiger partial charge in [0.05, 0.1) is 12.7 Å². The van der Waals surface area contributed by atoms with Crippen molar-refractivity contribution in [3.8, 4) is 23.0 Å². The van der Waals surface area contributed by atoms with E-state index in [1.54, 1.807) is 19.3 Å². The maximum atomic E-state index is 5.91. The Balaban J connectivity index is 0.000000231. The van der Waals surface area contributed by atoms with Crippen molar-refractivity contribution in [2.75, 3.05) is 27.1 Å². The summed E-state index contributed by atoms with van der Waals surface area (Å²) in [5, 5.41) is 0. The van der Waals surface area contributed by atoms with E-state index in [2.05, 4.69) is 26.3 Å². The summed E-state index contributed by atoms with van der Waals surface area (Å²) >= 11 is 0. The molecule has 8 heteroatoms. The van der Waals surface area contributed by atoms with Crippen molar-refractivity contribution in [1.82, 2.24) is 0 Å². The minimum atomic E-state index is -0.199. The van der Waals surface area contributed by atoms with Crippen LogP contribution in [0.1, 0.15) is 121 Å². The largest absolute Gasteiger partial charge is 0.468 e. The normalized spacial score (nSPS) is 15.1. The average molecular weight is 877 g/mol. The molecule has 0 saturated heterocycles. The second-order valence-electron chi connectivity index (χ2n) is 15.7. The lowest BCUT2D eigenvalue weighted by molar-refractivity contribution is -0.116. The zero-order valence-corrected chi connectivity index (χ0v) is 39.4. The van der Waals surface area contributed by atoms with Crippen LogP contribution in [0.4, 0.5) is 0 Å². The van der Waals surface area contributed by atoms with Crippen LogP contribution in [0.25, 0.3) is 24.3 Å². The van der Waals surface area contributed by atoms with E-state index in [1.165, 1.54) is 70.6 Å². The summed E-state index contributed by atoms with van der Waals surface area (Å²) in [4.78, 5) is 0. The zero-order valence-electron chi connectivity index (χ0n) is 39.4. The Morgan fingerprint density at radius 3 is 1.27 bits per heavy atom. The van der Waals surface area contributed by atoms with Gasteiger partial charge in [0.15, 0.2) is 25.7 Å². The van der Waals surface area contributed by atoms with Crippen LogP contribution >= 0.6 is 0 Å². The van der Waals surface area contributed by atoms with E-state index in [0.29, 0.717) is 12.7 Å². The molecule has 64 heavy (non-hydrogen) atoms. The highest BCUT2D eigenvalue weighted by atomic mass is 16.7. The fraction of sp³-hybridized carbons (Fsp3) is 0.429. The molecule has 0 heterocycles. The lowest BCUT2D eigenvalue weighted by atomic mass is 9.87. The van der Waals surface area contributed by atoms with Gasteiger partial charge in [-0.2, -0.15) is 0 Å². The molecule has 0 N–H and O–H groups in total. The van der Waals surface area contributed by atoms with Gasteiger partial charge in [0.2, 0.25) is 0 Å². The van der Waals surface area contributed by atoms with Crippen LogP contribution in [0.2, 0.25) is 0 Å². The Labute approximate surface area is 385 Å². The molecule has 348 valence electrons. The Morgan fingerprint density at radius 2 is 0.875 bits per heavy atom. The monoisotopic (exact) mass is 877 g/mol. The standard InChI is InChI=1S/C18H26O2.C16H22O2.C12H16O2.C10H12O2/c1-3-16-9-11-18(12-10-16)20-15(2)19-14-13-17-7-5-4-6-8-17;1-3-14-9-11-16(12-10-14)18-13(2)17-15-7-5-4-6-8-15;1-4-11-6-8-12(9-7-11)14-10(3)13-5-2;1-3-9-4-6-10(7-5-9)12-8-11-2/h3,9-12,15,17H,1,4-8,13-14H2,2H3;3,9-13,15H,1,4-8H2,2H3;4,6-10H,1,5H2,2-3H3;3-7H,1,8H2,2H3. The molecule has 8 nitrogen and oxygen atoms in total. The third kappa shape index (κ3) is 23.0. The van der Waals surface area contributed by atoms with E-state index in [1.807, 2.05) is 137 Å². The van der Waals surface area contributed by atoms with Gasteiger partial charge in [0, 0.05) is 13.7 Å². The van der Waals surface area contributed by atoms with Crippen LogP contribution in [0, 0.1) is 5.92 Å². The minimum Gasteiger partial charge on any atom is -0.468 e. The molecule has 0 radical (unpaired) electrons. The molecule has 3 atom stereocenters. The maximum Gasteiger partial charge on any atom is 0.197 e. The number of hydrogen-bond donors (Lipinski definition) is 0. The molecule has 2 fully saturated rings. The van der Waals surface area contributed by atoms with Crippen LogP contribution in [0.3, 0.4) is 0 Å². The molecule has 4 aromatic carbocycles. The third-order valence-electron chi connectivity index (χ3n) is 10.7. The van der Waals surface area contributed by atoms with E-state index >= 15 is 0 Å². The van der Waals surface area contributed by atoms with Crippen molar-refractivity contribution < 1.29 is 37.9 Å². The lowest BCUT2D eigenvalue weighted by Crippen LogP contribution is -2.26. The molecule has 2 aliphatic carbocycles. The van der Waals surface area contributed by atoms with Gasteiger partial charge in [-0.1, -0.05) is 151 Å². The topological polar surface area (TPSA) is 73.8 Å². The molecule has 0 aliphatic heterocycles. The first-order chi connectivity index (χ1) is 31.2. The quantitative estimate of drug-likeness (QED) is 0.0767. The summed E-state index contributed by atoms with van der Waals surface area (Å²) in [5.41, 5.74) is 4.37. The lowest BCUT2D eigenvalue weighted by Gasteiger charge is -2.26. The van der Waals surface area contributed by atoms with Crippen molar-refractivity contribution in [1.29, 1.82) is 0 Å². The fourth-order valence-corrected chi connectivity index (χ4v) is 7.13. The molecule has 4 aromatic rings. The summed E-state index contributed by atoms with van der Waals surface area (Å²) < 4.78 is 43.9. The van der Waals surface area contributed by atoms with Gasteiger partial charge in [-0.15, -0.1) is 0 Å². The van der Waals surface area contributed by atoms with Crippen molar-refractivity contribution in [3.05, 3.63) is 146 Å². The highest BCUT2D eigenvalue weighted by Crippen LogP contribution is 2.27. The van der Waals surface area contributed by atoms with Crippen molar-refractivity contribution in [2.45, 2.75) is 123 Å². The predicted octanol–water partition coefficient (Wildman–Crippen LogP) is 14.8. The second-order valence-corrected chi connectivity index (χ2v) is 15.7. The summed E-state index contributed by atoms with van der Waals surface area (Å²) in [6.45, 7) is 24.3. The number of hydrogen-bond acceptors (Lipinski definition) is 8. The van der Waals surface area contributed by atoms with Gasteiger partial charge in [-0.3, -0.25) is 0 Å². The van der Waals surface area contributed by atoms with E-state index in [4.69, 9.17) is 37.9 Å². The average Bonchev–Trinajstić information content (AvgIpc) is 3.33. The molecule has 0 amide bonds. The Bertz CT molecular complexity index is 1810. The first kappa shape index (κ1) is 53.2. The van der Waals surface area contributed by atoms with Crippen LogP contribution in [-0.4, -0.2) is 52.1 Å². The molecule has 2 aliphatic rings. The molecule has 0 spiro atoms. The molecular formula is C56H76O8. The summed E-state index contributed by atoms with van der Waals surface area (Å²) in [7, 11) is 1.60. The predicted molar refractivity (Wildman–Crippen MR) is 266 cm³/mol. The molecular weight excluding hydrogens is 801 g/mol. The summed E-state index contributed by atoms with van der Waals surface area (Å²) in [5.74, 6) is 4.19. The van der Waals surface area contributed by atoms with Crippen LogP contribution in [0.15, 0.2) is 123 Å². The van der Waals surface area contributed by atoms with E-state index in [9.17, 15) is 0 Å². The smallest absolute Gasteiger partial charge is 0.197 e. The van der Waals surface area contributed by atoms with Crippen LogP contribution in [-0.2, 0) is 18.9 Å². The molecule has 0 bridgehead atoms. The molecule has 0 aromatic heterocycles. The Kier molecular flexibility index (Phi) is 27.0. The fourth-order valence-electron chi connectivity index (χ4n) is 7.13. The van der Waals surface area contributed by atoms with E-state index < -0.39 is 0 Å². The number of methoxy groups -OCH3 is 1.